The summed E-state index contributed by atoms with van der Waals surface area (Å²) in [4.78, 5) is 12.1. The Morgan fingerprint density at radius 2 is 1.74 bits per heavy atom. The molecule has 98 valence electrons. The molecule has 0 heterocycles. The molecule has 0 saturated heterocycles. The van der Waals surface area contributed by atoms with Crippen LogP contribution in [0.4, 0.5) is 8.78 Å². The molecular formula is C14H8BrClF2O. The molecule has 2 aromatic carbocycles. The predicted octanol–water partition coefficient (Wildman–Crippen LogP) is 4.89. The number of carbonyl (C=O) groups is 1. The van der Waals surface area contributed by atoms with Gasteiger partial charge in [-0.25, -0.2) is 8.78 Å². The first-order valence-corrected chi connectivity index (χ1v) is 6.61. The number of hydrogen-bond donors (Lipinski definition) is 0. The van der Waals surface area contributed by atoms with Gasteiger partial charge in [0.15, 0.2) is 5.78 Å². The van der Waals surface area contributed by atoms with Crippen molar-refractivity contribution in [1.29, 1.82) is 0 Å². The molecule has 5 heteroatoms. The molecule has 0 bridgehead atoms. The lowest BCUT2D eigenvalue weighted by Gasteiger charge is -2.09. The van der Waals surface area contributed by atoms with Crippen molar-refractivity contribution < 1.29 is 13.6 Å². The minimum atomic E-state index is -0.932. The molecule has 0 N–H and O–H groups in total. The minimum Gasteiger partial charge on any atom is -0.292 e. The summed E-state index contributed by atoms with van der Waals surface area (Å²) in [5, 5.41) is -0.932. The molecule has 2 rings (SSSR count). The van der Waals surface area contributed by atoms with Crippen LogP contribution in [0, 0.1) is 11.6 Å². The zero-order valence-electron chi connectivity index (χ0n) is 9.54. The fraction of sp³-hybridized carbons (Fsp3) is 0.0714. The fourth-order valence-corrected chi connectivity index (χ4v) is 2.23. The highest BCUT2D eigenvalue weighted by Crippen LogP contribution is 2.27. The molecule has 19 heavy (non-hydrogen) atoms. The van der Waals surface area contributed by atoms with Gasteiger partial charge in [0.2, 0.25) is 0 Å². The average molecular weight is 346 g/mol. The molecule has 0 aromatic heterocycles. The van der Waals surface area contributed by atoms with Crippen molar-refractivity contribution in [2.75, 3.05) is 0 Å². The predicted molar refractivity (Wildman–Crippen MR) is 73.4 cm³/mol. The summed E-state index contributed by atoms with van der Waals surface area (Å²) in [6.45, 7) is 0. The van der Waals surface area contributed by atoms with Crippen LogP contribution in [0.5, 0.6) is 0 Å². The maximum atomic E-state index is 13.1. The Hall–Kier alpha value is -1.26. The molecular weight excluding hydrogens is 338 g/mol. The monoisotopic (exact) mass is 344 g/mol. The molecule has 0 amide bonds. The van der Waals surface area contributed by atoms with Crippen molar-refractivity contribution in [2.45, 2.75) is 5.38 Å². The SMILES string of the molecule is O=C(c1ccc(F)c(Br)c1)C(Cl)c1ccc(F)cc1. The minimum absolute atomic E-state index is 0.196. The molecule has 2 aromatic rings. The van der Waals surface area contributed by atoms with E-state index < -0.39 is 17.0 Å². The zero-order valence-corrected chi connectivity index (χ0v) is 11.9. The van der Waals surface area contributed by atoms with Crippen molar-refractivity contribution in [2.24, 2.45) is 0 Å². The molecule has 0 saturated carbocycles. The molecule has 1 atom stereocenters. The Balaban J connectivity index is 2.28. The summed E-state index contributed by atoms with van der Waals surface area (Å²) < 4.78 is 26.1. The van der Waals surface area contributed by atoms with Gasteiger partial charge in [0, 0.05) is 5.56 Å². The fourth-order valence-electron chi connectivity index (χ4n) is 1.58. The zero-order chi connectivity index (χ0) is 14.0. The van der Waals surface area contributed by atoms with E-state index in [0.717, 1.165) is 0 Å². The van der Waals surface area contributed by atoms with Crippen LogP contribution in [0.2, 0.25) is 0 Å². The molecule has 0 aliphatic rings. The van der Waals surface area contributed by atoms with Crippen LogP contribution in [0.1, 0.15) is 21.3 Å². The lowest BCUT2D eigenvalue weighted by atomic mass is 10.0. The van der Waals surface area contributed by atoms with Gasteiger partial charge >= 0.3 is 0 Å². The molecule has 0 fully saturated rings. The van der Waals surface area contributed by atoms with Gasteiger partial charge in [-0.1, -0.05) is 12.1 Å². The van der Waals surface area contributed by atoms with Gasteiger partial charge in [0.05, 0.1) is 4.47 Å². The topological polar surface area (TPSA) is 17.1 Å². The summed E-state index contributed by atoms with van der Waals surface area (Å²) in [6.07, 6.45) is 0. The van der Waals surface area contributed by atoms with E-state index in [9.17, 15) is 13.6 Å². The summed E-state index contributed by atoms with van der Waals surface area (Å²) >= 11 is 9.06. The Labute approximate surface area is 122 Å². The third kappa shape index (κ3) is 3.19. The highest BCUT2D eigenvalue weighted by molar-refractivity contribution is 9.10. The van der Waals surface area contributed by atoms with Crippen molar-refractivity contribution in [1.82, 2.24) is 0 Å². The molecule has 1 unspecified atom stereocenters. The maximum absolute atomic E-state index is 13.1. The molecule has 0 spiro atoms. The number of benzene rings is 2. The van der Waals surface area contributed by atoms with E-state index in [4.69, 9.17) is 11.6 Å². The number of rotatable bonds is 3. The van der Waals surface area contributed by atoms with Crippen LogP contribution in [0.25, 0.3) is 0 Å². The first kappa shape index (κ1) is 14.2. The van der Waals surface area contributed by atoms with Crippen LogP contribution in [0.3, 0.4) is 0 Å². The summed E-state index contributed by atoms with van der Waals surface area (Å²) in [7, 11) is 0. The van der Waals surface area contributed by atoms with Gasteiger partial charge in [-0.2, -0.15) is 0 Å². The van der Waals surface area contributed by atoms with Crippen molar-refractivity contribution in [3.05, 3.63) is 69.7 Å². The molecule has 0 radical (unpaired) electrons. The van der Waals surface area contributed by atoms with Gasteiger partial charge in [-0.05, 0) is 51.8 Å². The summed E-state index contributed by atoms with van der Waals surface area (Å²) in [6, 6.07) is 9.29. The second-order valence-electron chi connectivity index (χ2n) is 3.91. The third-order valence-electron chi connectivity index (χ3n) is 2.60. The van der Waals surface area contributed by atoms with E-state index in [0.29, 0.717) is 5.56 Å². The van der Waals surface area contributed by atoms with Crippen LogP contribution in [-0.2, 0) is 0 Å². The Kier molecular flexibility index (Phi) is 4.32. The number of carbonyl (C=O) groups excluding carboxylic acids is 1. The maximum Gasteiger partial charge on any atom is 0.185 e. The normalized spacial score (nSPS) is 12.2. The Bertz CT molecular complexity index is 613. The van der Waals surface area contributed by atoms with Crippen molar-refractivity contribution in [3.63, 3.8) is 0 Å². The van der Waals surface area contributed by atoms with Gasteiger partial charge < -0.3 is 0 Å². The van der Waals surface area contributed by atoms with Gasteiger partial charge in [-0.15, -0.1) is 11.6 Å². The number of hydrogen-bond acceptors (Lipinski definition) is 1. The number of Topliss-reactive ketones (excluding diaryl/α,β-unsaturated/α-hetero) is 1. The number of alkyl halides is 1. The summed E-state index contributed by atoms with van der Waals surface area (Å²) in [5.74, 6) is -1.22. The van der Waals surface area contributed by atoms with Crippen molar-refractivity contribution >= 4 is 33.3 Å². The van der Waals surface area contributed by atoms with E-state index in [1.54, 1.807) is 0 Å². The smallest absolute Gasteiger partial charge is 0.185 e. The van der Waals surface area contributed by atoms with Crippen LogP contribution in [0.15, 0.2) is 46.9 Å². The van der Waals surface area contributed by atoms with E-state index in [1.165, 1.54) is 42.5 Å². The number of halogens is 4. The molecule has 0 aliphatic carbocycles. The van der Waals surface area contributed by atoms with E-state index >= 15 is 0 Å². The highest BCUT2D eigenvalue weighted by Gasteiger charge is 2.20. The lowest BCUT2D eigenvalue weighted by molar-refractivity contribution is 0.0987. The van der Waals surface area contributed by atoms with Crippen LogP contribution >= 0.6 is 27.5 Å². The van der Waals surface area contributed by atoms with Gasteiger partial charge in [0.25, 0.3) is 0 Å². The Morgan fingerprint density at radius 1 is 1.11 bits per heavy atom. The average Bonchev–Trinajstić information content (AvgIpc) is 2.41. The lowest BCUT2D eigenvalue weighted by Crippen LogP contribution is -2.07. The van der Waals surface area contributed by atoms with Crippen LogP contribution in [-0.4, -0.2) is 5.78 Å². The largest absolute Gasteiger partial charge is 0.292 e. The Morgan fingerprint density at radius 3 is 2.32 bits per heavy atom. The van der Waals surface area contributed by atoms with Gasteiger partial charge in [0.1, 0.15) is 17.0 Å². The quantitative estimate of drug-likeness (QED) is 0.572. The number of ketones is 1. The second-order valence-corrected chi connectivity index (χ2v) is 5.20. The van der Waals surface area contributed by atoms with E-state index in [2.05, 4.69) is 15.9 Å². The third-order valence-corrected chi connectivity index (χ3v) is 3.65. The molecule has 0 aliphatic heterocycles. The van der Waals surface area contributed by atoms with Crippen molar-refractivity contribution in [3.8, 4) is 0 Å². The first-order valence-electron chi connectivity index (χ1n) is 5.38. The highest BCUT2D eigenvalue weighted by atomic mass is 79.9. The van der Waals surface area contributed by atoms with E-state index in [-0.39, 0.29) is 15.8 Å². The van der Waals surface area contributed by atoms with Crippen LogP contribution < -0.4 is 0 Å². The first-order chi connectivity index (χ1) is 8.99. The standard InChI is InChI=1S/C14H8BrClF2O/c15-11-7-9(3-6-12(11)18)14(19)13(16)8-1-4-10(17)5-2-8/h1-7,13H. The second kappa shape index (κ2) is 5.80. The summed E-state index contributed by atoms with van der Waals surface area (Å²) in [5.41, 5.74) is 0.783. The van der Waals surface area contributed by atoms with E-state index in [1.807, 2.05) is 0 Å². The molecule has 1 nitrogen and oxygen atoms in total. The van der Waals surface area contributed by atoms with Gasteiger partial charge in [-0.3, -0.25) is 4.79 Å².